The molecule has 0 aliphatic carbocycles. The third-order valence-electron chi connectivity index (χ3n) is 1.83. The average Bonchev–Trinajstić information content (AvgIpc) is 2.15. The maximum absolute atomic E-state index is 13.3. The number of carbonyl (C=O) groups is 1. The summed E-state index contributed by atoms with van der Waals surface area (Å²) in [5.74, 6) is -1.64. The predicted octanol–water partition coefficient (Wildman–Crippen LogP) is 1.95. The van der Waals surface area contributed by atoms with Crippen LogP contribution >= 0.6 is 0 Å². The van der Waals surface area contributed by atoms with Gasteiger partial charge in [-0.05, 0) is 6.92 Å². The van der Waals surface area contributed by atoms with Crippen LogP contribution in [0.3, 0.4) is 0 Å². The van der Waals surface area contributed by atoms with Crippen molar-refractivity contribution in [3.8, 4) is 5.75 Å². The van der Waals surface area contributed by atoms with Crippen LogP contribution < -0.4 is 4.74 Å². The van der Waals surface area contributed by atoms with Gasteiger partial charge in [-0.3, -0.25) is 14.9 Å². The number of ketones is 1. The summed E-state index contributed by atoms with van der Waals surface area (Å²) in [4.78, 5) is 20.8. The minimum Gasteiger partial charge on any atom is -0.496 e. The Kier molecular flexibility index (Phi) is 2.99. The molecule has 0 unspecified atom stereocenters. The Morgan fingerprint density at radius 1 is 1.53 bits per heavy atom. The van der Waals surface area contributed by atoms with Crippen LogP contribution in [0.1, 0.15) is 17.3 Å². The van der Waals surface area contributed by atoms with E-state index >= 15 is 0 Å². The first kappa shape index (κ1) is 11.1. The first-order valence-corrected chi connectivity index (χ1v) is 4.00. The largest absolute Gasteiger partial charge is 0.496 e. The zero-order chi connectivity index (χ0) is 11.6. The number of hydrogen-bond acceptors (Lipinski definition) is 4. The van der Waals surface area contributed by atoms with Crippen molar-refractivity contribution in [1.29, 1.82) is 0 Å². The number of methoxy groups -OCH3 is 1. The molecule has 0 heterocycles. The zero-order valence-corrected chi connectivity index (χ0v) is 8.11. The fraction of sp³-hybridized carbons (Fsp3) is 0.222. The highest BCUT2D eigenvalue weighted by molar-refractivity contribution is 5.98. The van der Waals surface area contributed by atoms with Crippen molar-refractivity contribution in [2.75, 3.05) is 7.11 Å². The lowest BCUT2D eigenvalue weighted by atomic mass is 10.1. The van der Waals surface area contributed by atoms with Gasteiger partial charge in [-0.25, -0.2) is 4.39 Å². The molecule has 0 N–H and O–H groups in total. The molecule has 0 aliphatic heterocycles. The van der Waals surface area contributed by atoms with Crippen LogP contribution in [0, 0.1) is 15.9 Å². The summed E-state index contributed by atoms with van der Waals surface area (Å²) in [7, 11) is 1.26. The summed E-state index contributed by atoms with van der Waals surface area (Å²) in [6, 6.07) is 1.95. The molecule has 0 saturated carbocycles. The Bertz CT molecular complexity index is 430. The fourth-order valence-electron chi connectivity index (χ4n) is 1.18. The third-order valence-corrected chi connectivity index (χ3v) is 1.83. The first-order chi connectivity index (χ1) is 6.97. The Morgan fingerprint density at radius 2 is 2.13 bits per heavy atom. The van der Waals surface area contributed by atoms with E-state index in [0.29, 0.717) is 0 Å². The Balaban J connectivity index is 3.49. The highest BCUT2D eigenvalue weighted by Gasteiger charge is 2.23. The van der Waals surface area contributed by atoms with Crippen molar-refractivity contribution in [3.05, 3.63) is 33.6 Å². The number of nitro groups is 1. The maximum atomic E-state index is 13.3. The second-order valence-electron chi connectivity index (χ2n) is 2.82. The summed E-state index contributed by atoms with van der Waals surface area (Å²) < 4.78 is 18.0. The average molecular weight is 213 g/mol. The number of ether oxygens (including phenoxy) is 1. The SMILES string of the molecule is COc1cc(F)c(C(C)=O)c([N+](=O)[O-])c1. The topological polar surface area (TPSA) is 69.4 Å². The van der Waals surface area contributed by atoms with Crippen molar-refractivity contribution in [1.82, 2.24) is 0 Å². The fourth-order valence-corrected chi connectivity index (χ4v) is 1.18. The smallest absolute Gasteiger partial charge is 0.286 e. The van der Waals surface area contributed by atoms with E-state index in [1.807, 2.05) is 0 Å². The van der Waals surface area contributed by atoms with Crippen molar-refractivity contribution in [2.24, 2.45) is 0 Å². The third kappa shape index (κ3) is 2.09. The molecule has 0 fully saturated rings. The van der Waals surface area contributed by atoms with E-state index in [4.69, 9.17) is 0 Å². The van der Waals surface area contributed by atoms with E-state index in [2.05, 4.69) is 4.74 Å². The summed E-state index contributed by atoms with van der Waals surface area (Å²) in [6.45, 7) is 1.07. The van der Waals surface area contributed by atoms with E-state index in [1.165, 1.54) is 7.11 Å². The molecule has 0 bridgehead atoms. The van der Waals surface area contributed by atoms with E-state index in [0.717, 1.165) is 19.1 Å². The molecule has 0 radical (unpaired) electrons. The van der Waals surface area contributed by atoms with E-state index in [9.17, 15) is 19.3 Å². The Labute approximate surface area is 84.6 Å². The molecule has 1 aromatic carbocycles. The number of benzene rings is 1. The van der Waals surface area contributed by atoms with Crippen molar-refractivity contribution < 1.29 is 18.8 Å². The van der Waals surface area contributed by atoms with Gasteiger partial charge in [-0.2, -0.15) is 0 Å². The Hall–Kier alpha value is -1.98. The molecule has 1 rings (SSSR count). The molecule has 0 saturated heterocycles. The van der Waals surface area contributed by atoms with Gasteiger partial charge in [0.2, 0.25) is 0 Å². The lowest BCUT2D eigenvalue weighted by molar-refractivity contribution is -0.385. The minimum atomic E-state index is -0.950. The number of halogens is 1. The number of carbonyl (C=O) groups excluding carboxylic acids is 1. The van der Waals surface area contributed by atoms with Gasteiger partial charge >= 0.3 is 0 Å². The molecular weight excluding hydrogens is 205 g/mol. The summed E-state index contributed by atoms with van der Waals surface area (Å²) in [6.07, 6.45) is 0. The predicted molar refractivity (Wildman–Crippen MR) is 49.6 cm³/mol. The quantitative estimate of drug-likeness (QED) is 0.437. The van der Waals surface area contributed by atoms with Gasteiger partial charge in [0.05, 0.1) is 18.1 Å². The van der Waals surface area contributed by atoms with Crippen LogP contribution in [0.15, 0.2) is 12.1 Å². The molecule has 6 heteroatoms. The van der Waals surface area contributed by atoms with Crippen molar-refractivity contribution in [3.63, 3.8) is 0 Å². The molecular formula is C9H8FNO4. The molecule has 15 heavy (non-hydrogen) atoms. The van der Waals surface area contributed by atoms with Gasteiger partial charge in [-0.1, -0.05) is 0 Å². The van der Waals surface area contributed by atoms with Gasteiger partial charge in [0.1, 0.15) is 17.1 Å². The van der Waals surface area contributed by atoms with Gasteiger partial charge < -0.3 is 4.74 Å². The maximum Gasteiger partial charge on any atom is 0.286 e. The van der Waals surface area contributed by atoms with Crippen LogP contribution in [0.25, 0.3) is 0 Å². The van der Waals surface area contributed by atoms with Crippen LogP contribution in [0.5, 0.6) is 5.75 Å². The van der Waals surface area contributed by atoms with E-state index in [-0.39, 0.29) is 5.75 Å². The second-order valence-corrected chi connectivity index (χ2v) is 2.82. The normalized spacial score (nSPS) is 9.80. The molecule has 0 amide bonds. The molecule has 0 aliphatic rings. The number of hydrogen-bond donors (Lipinski definition) is 0. The number of nitrogens with zero attached hydrogens (tertiary/aromatic N) is 1. The molecule has 1 aromatic rings. The summed E-state index contributed by atoms with van der Waals surface area (Å²) in [5, 5.41) is 10.6. The molecule has 0 atom stereocenters. The van der Waals surface area contributed by atoms with Crippen LogP contribution in [0.4, 0.5) is 10.1 Å². The van der Waals surface area contributed by atoms with Crippen molar-refractivity contribution in [2.45, 2.75) is 6.92 Å². The van der Waals surface area contributed by atoms with Gasteiger partial charge in [0, 0.05) is 6.07 Å². The van der Waals surface area contributed by atoms with E-state index in [1.54, 1.807) is 0 Å². The zero-order valence-electron chi connectivity index (χ0n) is 8.11. The lowest BCUT2D eigenvalue weighted by Gasteiger charge is -2.04. The molecule has 5 nitrogen and oxygen atoms in total. The molecule has 0 aromatic heterocycles. The van der Waals surface area contributed by atoms with E-state index < -0.39 is 27.8 Å². The summed E-state index contributed by atoms with van der Waals surface area (Å²) in [5.41, 5.74) is -1.11. The van der Waals surface area contributed by atoms with Gasteiger partial charge in [-0.15, -0.1) is 0 Å². The number of rotatable bonds is 3. The standard InChI is InChI=1S/C9H8FNO4/c1-5(12)9-7(10)3-6(15-2)4-8(9)11(13)14/h3-4H,1-2H3. The molecule has 0 spiro atoms. The highest BCUT2D eigenvalue weighted by atomic mass is 19.1. The van der Waals surface area contributed by atoms with Crippen molar-refractivity contribution >= 4 is 11.5 Å². The Morgan fingerprint density at radius 3 is 2.53 bits per heavy atom. The number of Topliss-reactive ketones (excluding diaryl/α,β-unsaturated/α-hetero) is 1. The minimum absolute atomic E-state index is 0.00389. The monoisotopic (exact) mass is 213 g/mol. The highest BCUT2D eigenvalue weighted by Crippen LogP contribution is 2.27. The second kappa shape index (κ2) is 4.04. The summed E-state index contributed by atoms with van der Waals surface area (Å²) >= 11 is 0. The van der Waals surface area contributed by atoms with Crippen LogP contribution in [-0.2, 0) is 0 Å². The number of nitro benzene ring substituents is 1. The van der Waals surface area contributed by atoms with Crippen LogP contribution in [0.2, 0.25) is 0 Å². The molecule has 80 valence electrons. The van der Waals surface area contributed by atoms with Gasteiger partial charge in [0.15, 0.2) is 5.78 Å². The lowest BCUT2D eigenvalue weighted by Crippen LogP contribution is -2.04. The van der Waals surface area contributed by atoms with Crippen LogP contribution in [-0.4, -0.2) is 17.8 Å². The van der Waals surface area contributed by atoms with Gasteiger partial charge in [0.25, 0.3) is 5.69 Å². The first-order valence-electron chi connectivity index (χ1n) is 4.00.